The van der Waals surface area contributed by atoms with Crippen LogP contribution < -0.4 is 5.73 Å². The number of fused-ring (bicyclic) bond motifs is 1. The summed E-state index contributed by atoms with van der Waals surface area (Å²) in [6, 6.07) is 7.74. The number of hydrogen-bond acceptors (Lipinski definition) is 3. The molecule has 2 N–H and O–H groups in total. The maximum atomic E-state index is 12.4. The molecule has 2 rings (SSSR count). The Morgan fingerprint density at radius 3 is 2.83 bits per heavy atom. The van der Waals surface area contributed by atoms with Crippen molar-refractivity contribution in [2.45, 2.75) is 6.92 Å². The van der Waals surface area contributed by atoms with E-state index in [-0.39, 0.29) is 5.91 Å². The molecule has 1 aromatic heterocycles. The van der Waals surface area contributed by atoms with E-state index >= 15 is 0 Å². The zero-order chi connectivity index (χ0) is 13.1. The van der Waals surface area contributed by atoms with Gasteiger partial charge in [-0.2, -0.15) is 5.10 Å². The van der Waals surface area contributed by atoms with Crippen LogP contribution in [0.25, 0.3) is 10.9 Å². The first kappa shape index (κ1) is 12.6. The molecule has 0 unspecified atom stereocenters. The normalized spacial score (nSPS) is 10.8. The van der Waals surface area contributed by atoms with E-state index in [0.29, 0.717) is 25.3 Å². The zero-order valence-electron chi connectivity index (χ0n) is 10.8. The summed E-state index contributed by atoms with van der Waals surface area (Å²) in [7, 11) is 1.85. The van der Waals surface area contributed by atoms with Gasteiger partial charge in [0.15, 0.2) is 5.69 Å². The van der Waals surface area contributed by atoms with Gasteiger partial charge < -0.3 is 10.6 Å². The fourth-order valence-corrected chi connectivity index (χ4v) is 2.08. The van der Waals surface area contributed by atoms with E-state index in [1.165, 1.54) is 0 Å². The molecule has 5 nitrogen and oxygen atoms in total. The molecular weight excluding hydrogens is 228 g/mol. The van der Waals surface area contributed by atoms with E-state index in [9.17, 15) is 4.79 Å². The summed E-state index contributed by atoms with van der Waals surface area (Å²) in [6.45, 7) is 3.60. The van der Waals surface area contributed by atoms with Crippen molar-refractivity contribution in [1.82, 2.24) is 14.7 Å². The number of nitrogens with two attached hydrogens (primary N) is 1. The first-order valence-electron chi connectivity index (χ1n) is 6.10. The molecule has 5 heteroatoms. The van der Waals surface area contributed by atoms with Crippen molar-refractivity contribution in [3.63, 3.8) is 0 Å². The maximum absolute atomic E-state index is 12.4. The van der Waals surface area contributed by atoms with Crippen LogP contribution in [0.3, 0.4) is 0 Å². The van der Waals surface area contributed by atoms with Gasteiger partial charge in [-0.25, -0.2) is 0 Å². The number of nitrogens with zero attached hydrogens (tertiary/aromatic N) is 3. The predicted octanol–water partition coefficient (Wildman–Crippen LogP) is 0.994. The van der Waals surface area contributed by atoms with Gasteiger partial charge >= 0.3 is 0 Å². The SMILES string of the molecule is CCN(CCN)C(=O)c1nn(C)c2ccccc12. The molecule has 1 aromatic carbocycles. The number of hydrogen-bond donors (Lipinski definition) is 1. The van der Waals surface area contributed by atoms with Gasteiger partial charge in [-0.15, -0.1) is 0 Å². The Balaban J connectivity index is 2.44. The van der Waals surface area contributed by atoms with Crippen LogP contribution in [0.4, 0.5) is 0 Å². The van der Waals surface area contributed by atoms with E-state index in [1.807, 2.05) is 38.2 Å². The molecule has 1 amide bonds. The minimum absolute atomic E-state index is 0.0558. The fraction of sp³-hybridized carbons (Fsp3) is 0.385. The van der Waals surface area contributed by atoms with Crippen LogP contribution in [0, 0.1) is 0 Å². The summed E-state index contributed by atoms with van der Waals surface area (Å²) in [6.07, 6.45) is 0. The Bertz CT molecular complexity index is 561. The van der Waals surface area contributed by atoms with Crippen LogP contribution in [-0.2, 0) is 7.05 Å². The number of aryl methyl sites for hydroxylation is 1. The standard InChI is InChI=1S/C13H18N4O/c1-3-17(9-8-14)13(18)12-10-6-4-5-7-11(10)16(2)15-12/h4-7H,3,8-9,14H2,1-2H3. The van der Waals surface area contributed by atoms with E-state index in [4.69, 9.17) is 5.73 Å². The lowest BCUT2D eigenvalue weighted by molar-refractivity contribution is 0.0764. The molecule has 0 saturated heterocycles. The molecule has 18 heavy (non-hydrogen) atoms. The lowest BCUT2D eigenvalue weighted by Crippen LogP contribution is -2.35. The summed E-state index contributed by atoms with van der Waals surface area (Å²) < 4.78 is 1.73. The van der Waals surface area contributed by atoms with Crippen LogP contribution in [0.5, 0.6) is 0 Å². The Kier molecular flexibility index (Phi) is 3.62. The molecular formula is C13H18N4O. The average molecular weight is 246 g/mol. The van der Waals surface area contributed by atoms with Crippen molar-refractivity contribution >= 4 is 16.8 Å². The number of carbonyl (C=O) groups excluding carboxylic acids is 1. The Hall–Kier alpha value is -1.88. The highest BCUT2D eigenvalue weighted by Gasteiger charge is 2.20. The number of likely N-dealkylation sites (N-methyl/N-ethyl adjacent to an activating group) is 1. The maximum Gasteiger partial charge on any atom is 0.275 e. The predicted molar refractivity (Wildman–Crippen MR) is 71.3 cm³/mol. The Morgan fingerprint density at radius 1 is 1.44 bits per heavy atom. The molecule has 0 aliphatic heterocycles. The second kappa shape index (κ2) is 5.18. The third-order valence-electron chi connectivity index (χ3n) is 3.03. The minimum atomic E-state index is -0.0558. The van der Waals surface area contributed by atoms with Gasteiger partial charge in [-0.1, -0.05) is 18.2 Å². The largest absolute Gasteiger partial charge is 0.336 e. The summed E-state index contributed by atoms with van der Waals surface area (Å²) in [5.41, 5.74) is 6.98. The van der Waals surface area contributed by atoms with Gasteiger partial charge in [0.25, 0.3) is 5.91 Å². The smallest absolute Gasteiger partial charge is 0.275 e. The summed E-state index contributed by atoms with van der Waals surface area (Å²) in [5, 5.41) is 5.21. The average Bonchev–Trinajstić information content (AvgIpc) is 2.73. The van der Waals surface area contributed by atoms with E-state index in [1.54, 1.807) is 9.58 Å². The highest BCUT2D eigenvalue weighted by Crippen LogP contribution is 2.18. The third-order valence-corrected chi connectivity index (χ3v) is 3.03. The van der Waals surface area contributed by atoms with Gasteiger partial charge in [0.2, 0.25) is 0 Å². The topological polar surface area (TPSA) is 64.2 Å². The van der Waals surface area contributed by atoms with Gasteiger partial charge in [0.1, 0.15) is 0 Å². The van der Waals surface area contributed by atoms with Crippen molar-refractivity contribution in [2.24, 2.45) is 12.8 Å². The van der Waals surface area contributed by atoms with Crippen LogP contribution in [-0.4, -0.2) is 40.2 Å². The number of rotatable bonds is 4. The minimum Gasteiger partial charge on any atom is -0.336 e. The Morgan fingerprint density at radius 2 is 2.17 bits per heavy atom. The van der Waals surface area contributed by atoms with Crippen molar-refractivity contribution < 1.29 is 4.79 Å². The quantitative estimate of drug-likeness (QED) is 0.875. The third kappa shape index (κ3) is 2.09. The molecule has 0 bridgehead atoms. The van der Waals surface area contributed by atoms with E-state index in [0.717, 1.165) is 10.9 Å². The van der Waals surface area contributed by atoms with Gasteiger partial charge in [-0.3, -0.25) is 9.48 Å². The lowest BCUT2D eigenvalue weighted by Gasteiger charge is -2.18. The summed E-state index contributed by atoms with van der Waals surface area (Å²) in [5.74, 6) is -0.0558. The molecule has 0 aliphatic rings. The van der Waals surface area contributed by atoms with Gasteiger partial charge in [0.05, 0.1) is 5.52 Å². The molecule has 0 saturated carbocycles. The van der Waals surface area contributed by atoms with E-state index < -0.39 is 0 Å². The van der Waals surface area contributed by atoms with Crippen LogP contribution >= 0.6 is 0 Å². The molecule has 0 radical (unpaired) electrons. The number of carbonyl (C=O) groups is 1. The van der Waals surface area contributed by atoms with Gasteiger partial charge in [-0.05, 0) is 13.0 Å². The summed E-state index contributed by atoms with van der Waals surface area (Å²) >= 11 is 0. The monoisotopic (exact) mass is 246 g/mol. The van der Waals surface area contributed by atoms with Crippen LogP contribution in [0.15, 0.2) is 24.3 Å². The number of para-hydroxylation sites is 1. The van der Waals surface area contributed by atoms with Crippen molar-refractivity contribution in [3.05, 3.63) is 30.0 Å². The fourth-order valence-electron chi connectivity index (χ4n) is 2.08. The molecule has 0 spiro atoms. The number of benzene rings is 1. The molecule has 0 atom stereocenters. The Labute approximate surface area is 106 Å². The number of aromatic nitrogens is 2. The highest BCUT2D eigenvalue weighted by molar-refractivity contribution is 6.04. The highest BCUT2D eigenvalue weighted by atomic mass is 16.2. The van der Waals surface area contributed by atoms with Crippen molar-refractivity contribution in [1.29, 1.82) is 0 Å². The molecule has 0 fully saturated rings. The van der Waals surface area contributed by atoms with Crippen molar-refractivity contribution in [3.8, 4) is 0 Å². The van der Waals surface area contributed by atoms with Gasteiger partial charge in [0, 0.05) is 32.1 Å². The second-order valence-electron chi connectivity index (χ2n) is 4.16. The van der Waals surface area contributed by atoms with E-state index in [2.05, 4.69) is 5.10 Å². The molecule has 96 valence electrons. The van der Waals surface area contributed by atoms with Crippen LogP contribution in [0.1, 0.15) is 17.4 Å². The van der Waals surface area contributed by atoms with Crippen molar-refractivity contribution in [2.75, 3.05) is 19.6 Å². The lowest BCUT2D eigenvalue weighted by atomic mass is 10.2. The first-order valence-corrected chi connectivity index (χ1v) is 6.10. The first-order chi connectivity index (χ1) is 8.69. The van der Waals surface area contributed by atoms with Crippen LogP contribution in [0.2, 0.25) is 0 Å². The second-order valence-corrected chi connectivity index (χ2v) is 4.16. The molecule has 1 heterocycles. The molecule has 2 aromatic rings. The molecule has 0 aliphatic carbocycles. The number of amides is 1. The summed E-state index contributed by atoms with van der Waals surface area (Å²) in [4.78, 5) is 14.1. The zero-order valence-corrected chi connectivity index (χ0v) is 10.8.